The van der Waals surface area contributed by atoms with Gasteiger partial charge in [0.05, 0.1) is 11.3 Å². The summed E-state index contributed by atoms with van der Waals surface area (Å²) in [5.74, 6) is 0.363. The van der Waals surface area contributed by atoms with Crippen LogP contribution in [0.15, 0.2) is 83.7 Å². The number of aromatic nitrogens is 1. The molecule has 2 bridgehead atoms. The lowest BCUT2D eigenvalue weighted by molar-refractivity contribution is -0.732. The summed E-state index contributed by atoms with van der Waals surface area (Å²) in [5.41, 5.74) is 4.51. The van der Waals surface area contributed by atoms with Crippen LogP contribution in [0.4, 0.5) is 0 Å². The largest absolute Gasteiger partial charge is 0.195 e. The summed E-state index contributed by atoms with van der Waals surface area (Å²) in [7, 11) is 0. The highest BCUT2D eigenvalue weighted by Gasteiger charge is 2.60. The number of fused-ring (bicyclic) bond motifs is 1. The molecule has 2 aliphatic heterocycles. The zero-order valence-corrected chi connectivity index (χ0v) is 15.8. The Hall–Kier alpha value is -2.23. The van der Waals surface area contributed by atoms with E-state index in [2.05, 4.69) is 88.3 Å². The lowest BCUT2D eigenvalue weighted by atomic mass is 9.57. The first-order chi connectivity index (χ1) is 12.9. The van der Waals surface area contributed by atoms with Crippen LogP contribution in [0.1, 0.15) is 45.0 Å². The highest BCUT2D eigenvalue weighted by Crippen LogP contribution is 2.60. The second-order valence-corrected chi connectivity index (χ2v) is 9.14. The highest BCUT2D eigenvalue weighted by atomic mass is 32.1. The first-order valence-electron chi connectivity index (χ1n) is 9.06. The van der Waals surface area contributed by atoms with Gasteiger partial charge in [-0.25, -0.2) is 0 Å². The van der Waals surface area contributed by atoms with Crippen molar-refractivity contribution in [3.05, 3.63) is 110 Å². The topological polar surface area (TPSA) is 3.88 Å². The minimum Gasteiger partial charge on any atom is -0.195 e. The van der Waals surface area contributed by atoms with E-state index in [9.17, 15) is 0 Å². The maximum atomic E-state index is 2.52. The highest BCUT2D eigenvalue weighted by molar-refractivity contribution is 7.11. The summed E-state index contributed by atoms with van der Waals surface area (Å²) in [6.07, 6.45) is 3.41. The van der Waals surface area contributed by atoms with Crippen LogP contribution in [0.5, 0.6) is 0 Å². The van der Waals surface area contributed by atoms with Crippen molar-refractivity contribution in [2.24, 2.45) is 0 Å². The van der Waals surface area contributed by atoms with Gasteiger partial charge in [-0.15, -0.1) is 22.7 Å². The Morgan fingerprint density at radius 2 is 1.46 bits per heavy atom. The molecule has 4 aromatic rings. The minimum atomic E-state index is 0.0444. The van der Waals surface area contributed by atoms with Crippen molar-refractivity contribution in [1.29, 1.82) is 0 Å². The average Bonchev–Trinajstić information content (AvgIpc) is 3.42. The first kappa shape index (κ1) is 14.9. The van der Waals surface area contributed by atoms with Gasteiger partial charge in [0.15, 0.2) is 17.9 Å². The molecule has 0 radical (unpaired) electrons. The summed E-state index contributed by atoms with van der Waals surface area (Å²) in [5, 5.41) is 4.47. The monoisotopic (exact) mass is 372 g/mol. The number of hydrogen-bond donors (Lipinski definition) is 0. The molecule has 1 aliphatic carbocycles. The van der Waals surface area contributed by atoms with Gasteiger partial charge in [-0.3, -0.25) is 0 Å². The zero-order valence-electron chi connectivity index (χ0n) is 14.2. The van der Waals surface area contributed by atoms with Crippen molar-refractivity contribution in [3.8, 4) is 0 Å². The molecule has 0 unspecified atom stereocenters. The van der Waals surface area contributed by atoms with Crippen LogP contribution in [-0.4, -0.2) is 0 Å². The minimum absolute atomic E-state index is 0.0444. The van der Waals surface area contributed by atoms with Crippen molar-refractivity contribution in [1.82, 2.24) is 0 Å². The lowest BCUT2D eigenvalue weighted by Crippen LogP contribution is -2.59. The van der Waals surface area contributed by atoms with E-state index in [0.29, 0.717) is 12.0 Å². The van der Waals surface area contributed by atoms with Gasteiger partial charge in [0, 0.05) is 33.9 Å². The van der Waals surface area contributed by atoms with Gasteiger partial charge in [-0.05, 0) is 28.5 Å². The Balaban J connectivity index is 1.73. The van der Waals surface area contributed by atoms with Gasteiger partial charge in [-0.1, -0.05) is 42.5 Å². The number of pyridine rings is 1. The van der Waals surface area contributed by atoms with E-state index in [4.69, 9.17) is 0 Å². The molecular formula is C23H18NS2+. The fourth-order valence-electron chi connectivity index (χ4n) is 5.21. The van der Waals surface area contributed by atoms with E-state index in [-0.39, 0.29) is 5.41 Å². The van der Waals surface area contributed by atoms with Gasteiger partial charge < -0.3 is 0 Å². The second kappa shape index (κ2) is 5.38. The number of nitrogens with zero attached hydrogens (tertiary/aromatic N) is 1. The zero-order chi connectivity index (χ0) is 17.1. The van der Waals surface area contributed by atoms with Crippen LogP contribution < -0.4 is 4.57 Å². The van der Waals surface area contributed by atoms with E-state index in [0.717, 1.165) is 6.42 Å². The standard InChI is InChI=1S/C23H18NS2/c1-2-8-17-16(7-1)19-15-23(20-10-5-13-25-20,21-11-6-14-26-21)22(17)18-9-3-4-12-24(18)19/h1-14,19,22H,15H2/q+1/t19-,22+/m1/s1. The van der Waals surface area contributed by atoms with E-state index >= 15 is 0 Å². The smallest absolute Gasteiger partial charge is 0.190 e. The SMILES string of the molecule is c1csc(C2(c3cccs3)C[C@@H]3c4ccccc4[C@H]2c2cccc[n+]23)c1. The molecule has 1 aromatic carbocycles. The molecule has 0 saturated carbocycles. The molecule has 0 spiro atoms. The summed E-state index contributed by atoms with van der Waals surface area (Å²) in [6, 6.07) is 25.3. The maximum Gasteiger partial charge on any atom is 0.190 e. The van der Waals surface area contributed by atoms with Crippen LogP contribution in [-0.2, 0) is 5.41 Å². The predicted molar refractivity (Wildman–Crippen MR) is 107 cm³/mol. The van der Waals surface area contributed by atoms with Gasteiger partial charge in [0.25, 0.3) is 0 Å². The molecule has 0 amide bonds. The van der Waals surface area contributed by atoms with Crippen molar-refractivity contribution < 1.29 is 4.57 Å². The quantitative estimate of drug-likeness (QED) is 0.408. The first-order valence-corrected chi connectivity index (χ1v) is 10.8. The second-order valence-electron chi connectivity index (χ2n) is 7.24. The van der Waals surface area contributed by atoms with Crippen LogP contribution in [0.25, 0.3) is 0 Å². The van der Waals surface area contributed by atoms with Gasteiger partial charge in [0.2, 0.25) is 0 Å². The third-order valence-electron chi connectivity index (χ3n) is 6.15. The molecule has 5 heterocycles. The van der Waals surface area contributed by atoms with Crippen molar-refractivity contribution in [2.45, 2.75) is 23.8 Å². The number of hydrogen-bond acceptors (Lipinski definition) is 2. The van der Waals surface area contributed by atoms with Crippen LogP contribution in [0.2, 0.25) is 0 Å². The molecule has 0 N–H and O–H groups in total. The molecule has 3 aromatic heterocycles. The van der Waals surface area contributed by atoms with Crippen molar-refractivity contribution in [3.63, 3.8) is 0 Å². The lowest BCUT2D eigenvalue weighted by Gasteiger charge is -2.48. The van der Waals surface area contributed by atoms with E-state index < -0.39 is 0 Å². The summed E-state index contributed by atoms with van der Waals surface area (Å²) in [4.78, 5) is 3.00. The van der Waals surface area contributed by atoms with Crippen LogP contribution >= 0.6 is 22.7 Å². The molecule has 126 valence electrons. The molecule has 2 atom stereocenters. The molecule has 0 fully saturated rings. The Bertz CT molecular complexity index is 997. The Kier molecular flexibility index (Phi) is 3.08. The molecule has 1 nitrogen and oxygen atoms in total. The Morgan fingerprint density at radius 3 is 2.15 bits per heavy atom. The Labute approximate surface area is 161 Å². The maximum absolute atomic E-state index is 2.52. The molecule has 7 rings (SSSR count). The van der Waals surface area contributed by atoms with E-state index in [1.54, 1.807) is 0 Å². The third-order valence-corrected chi connectivity index (χ3v) is 8.25. The summed E-state index contributed by atoms with van der Waals surface area (Å²) >= 11 is 3.83. The summed E-state index contributed by atoms with van der Waals surface area (Å²) in [6.45, 7) is 0. The number of rotatable bonds is 2. The van der Waals surface area contributed by atoms with Gasteiger partial charge in [0.1, 0.15) is 0 Å². The summed E-state index contributed by atoms with van der Waals surface area (Å²) < 4.78 is 2.52. The number of thiophene rings is 2. The predicted octanol–water partition coefficient (Wildman–Crippen LogP) is 5.52. The van der Waals surface area contributed by atoms with Crippen molar-refractivity contribution in [2.75, 3.05) is 0 Å². The third kappa shape index (κ3) is 1.77. The van der Waals surface area contributed by atoms with Crippen molar-refractivity contribution >= 4 is 22.7 Å². The van der Waals surface area contributed by atoms with E-state index in [1.807, 2.05) is 22.7 Å². The normalized spacial score (nSPS) is 22.0. The fraction of sp³-hybridized carbons (Fsp3) is 0.174. The fourth-order valence-corrected chi connectivity index (χ4v) is 7.23. The Morgan fingerprint density at radius 1 is 0.769 bits per heavy atom. The van der Waals surface area contributed by atoms with Crippen LogP contribution in [0.3, 0.4) is 0 Å². The van der Waals surface area contributed by atoms with Gasteiger partial charge >= 0.3 is 0 Å². The molecule has 26 heavy (non-hydrogen) atoms. The molecule has 3 heteroatoms. The average molecular weight is 373 g/mol. The number of benzene rings is 1. The molecular weight excluding hydrogens is 354 g/mol. The molecule has 0 saturated heterocycles. The van der Waals surface area contributed by atoms with Gasteiger partial charge in [-0.2, -0.15) is 4.57 Å². The molecule has 3 aliphatic rings. The van der Waals surface area contributed by atoms with E-state index in [1.165, 1.54) is 26.6 Å². The van der Waals surface area contributed by atoms with Crippen LogP contribution in [0, 0.1) is 0 Å².